The van der Waals surface area contributed by atoms with Crippen molar-refractivity contribution in [1.82, 2.24) is 4.90 Å². The Balaban J connectivity index is 2.49. The molecule has 0 radical (unpaired) electrons. The van der Waals surface area contributed by atoms with Gasteiger partial charge in [-0.05, 0) is 12.3 Å². The third-order valence-electron chi connectivity index (χ3n) is 2.94. The summed E-state index contributed by atoms with van der Waals surface area (Å²) in [5, 5.41) is 0. The average molecular weight is 257 g/mol. The summed E-state index contributed by atoms with van der Waals surface area (Å²) in [6.07, 6.45) is 0.113. The predicted octanol–water partition coefficient (Wildman–Crippen LogP) is 1.33. The molecule has 0 aromatic heterocycles. The summed E-state index contributed by atoms with van der Waals surface area (Å²) >= 11 is 0. The number of methoxy groups -OCH3 is 1. The van der Waals surface area contributed by atoms with Crippen molar-refractivity contribution < 1.29 is 23.9 Å². The lowest BCUT2D eigenvalue weighted by Gasteiger charge is -2.22. The van der Waals surface area contributed by atoms with Crippen LogP contribution < -0.4 is 0 Å². The normalized spacial score (nSPS) is 19.0. The zero-order chi connectivity index (χ0) is 13.7. The van der Waals surface area contributed by atoms with Gasteiger partial charge in [-0.25, -0.2) is 9.69 Å². The van der Waals surface area contributed by atoms with Crippen molar-refractivity contribution in [3.63, 3.8) is 0 Å². The molecule has 2 amide bonds. The number of rotatable bonds is 5. The minimum absolute atomic E-state index is 0.146. The molecule has 0 aromatic carbocycles. The number of esters is 1. The molecule has 0 aromatic rings. The Morgan fingerprint density at radius 3 is 2.67 bits per heavy atom. The van der Waals surface area contributed by atoms with Crippen molar-refractivity contribution >= 4 is 18.0 Å². The SMILES string of the molecule is COC(=O)CCCC(=O)N1C(=O)OC[C@@H]1C(C)C. The van der Waals surface area contributed by atoms with Gasteiger partial charge in [0.1, 0.15) is 6.61 Å². The van der Waals surface area contributed by atoms with Crippen molar-refractivity contribution in [3.8, 4) is 0 Å². The first-order chi connectivity index (χ1) is 8.47. The molecule has 0 unspecified atom stereocenters. The highest BCUT2D eigenvalue weighted by Crippen LogP contribution is 2.21. The van der Waals surface area contributed by atoms with Crippen LogP contribution in [-0.4, -0.2) is 42.6 Å². The molecule has 18 heavy (non-hydrogen) atoms. The van der Waals surface area contributed by atoms with Gasteiger partial charge in [0.15, 0.2) is 0 Å². The van der Waals surface area contributed by atoms with Crippen LogP contribution in [0, 0.1) is 5.92 Å². The van der Waals surface area contributed by atoms with E-state index in [-0.39, 0.29) is 43.3 Å². The fourth-order valence-corrected chi connectivity index (χ4v) is 1.82. The number of carbonyl (C=O) groups is 3. The minimum atomic E-state index is -0.586. The standard InChI is InChI=1S/C12H19NO5/c1-8(2)9-7-18-12(16)13(9)10(14)5-4-6-11(15)17-3/h8-9H,4-7H2,1-3H3/t9-/m1/s1. The van der Waals surface area contributed by atoms with Gasteiger partial charge >= 0.3 is 12.1 Å². The molecule has 1 aliphatic rings. The largest absolute Gasteiger partial charge is 0.469 e. The van der Waals surface area contributed by atoms with Gasteiger partial charge in [0.25, 0.3) is 0 Å². The highest BCUT2D eigenvalue weighted by Gasteiger charge is 2.38. The fourth-order valence-electron chi connectivity index (χ4n) is 1.82. The van der Waals surface area contributed by atoms with E-state index in [0.29, 0.717) is 6.42 Å². The van der Waals surface area contributed by atoms with Gasteiger partial charge in [-0.2, -0.15) is 0 Å². The Labute approximate surface area is 106 Å². The lowest BCUT2D eigenvalue weighted by atomic mass is 10.0. The average Bonchev–Trinajstić information content (AvgIpc) is 2.70. The predicted molar refractivity (Wildman–Crippen MR) is 62.7 cm³/mol. The lowest BCUT2D eigenvalue weighted by Crippen LogP contribution is -2.41. The van der Waals surface area contributed by atoms with E-state index >= 15 is 0 Å². The first-order valence-corrected chi connectivity index (χ1v) is 6.03. The number of nitrogens with zero attached hydrogens (tertiary/aromatic N) is 1. The van der Waals surface area contributed by atoms with E-state index in [4.69, 9.17) is 4.74 Å². The minimum Gasteiger partial charge on any atom is -0.469 e. The molecule has 1 rings (SSSR count). The number of ether oxygens (including phenoxy) is 2. The Morgan fingerprint density at radius 1 is 1.44 bits per heavy atom. The van der Waals surface area contributed by atoms with E-state index in [1.807, 2.05) is 13.8 Å². The molecule has 1 aliphatic heterocycles. The molecular formula is C12H19NO5. The van der Waals surface area contributed by atoms with Gasteiger partial charge in [0.2, 0.25) is 5.91 Å². The van der Waals surface area contributed by atoms with Gasteiger partial charge in [0, 0.05) is 12.8 Å². The summed E-state index contributed by atoms with van der Waals surface area (Å²) in [5.74, 6) is -0.492. The van der Waals surface area contributed by atoms with Gasteiger partial charge in [-0.3, -0.25) is 9.59 Å². The number of hydrogen-bond donors (Lipinski definition) is 0. The van der Waals surface area contributed by atoms with Crippen LogP contribution in [0.15, 0.2) is 0 Å². The van der Waals surface area contributed by atoms with Crippen molar-refractivity contribution in [2.24, 2.45) is 5.92 Å². The van der Waals surface area contributed by atoms with Crippen molar-refractivity contribution in [3.05, 3.63) is 0 Å². The number of amides is 2. The highest BCUT2D eigenvalue weighted by molar-refractivity contribution is 5.93. The van der Waals surface area contributed by atoms with Gasteiger partial charge in [-0.1, -0.05) is 13.8 Å². The second-order valence-corrected chi connectivity index (χ2v) is 4.58. The van der Waals surface area contributed by atoms with E-state index in [1.54, 1.807) is 0 Å². The van der Waals surface area contributed by atoms with Crippen LogP contribution in [0.1, 0.15) is 33.1 Å². The third-order valence-corrected chi connectivity index (χ3v) is 2.94. The van der Waals surface area contributed by atoms with Crippen LogP contribution in [0.5, 0.6) is 0 Å². The van der Waals surface area contributed by atoms with E-state index < -0.39 is 6.09 Å². The molecule has 0 spiro atoms. The summed E-state index contributed by atoms with van der Waals surface area (Å²) < 4.78 is 9.37. The summed E-state index contributed by atoms with van der Waals surface area (Å²) in [7, 11) is 1.30. The second-order valence-electron chi connectivity index (χ2n) is 4.58. The summed E-state index contributed by atoms with van der Waals surface area (Å²) in [6.45, 7) is 4.11. The first kappa shape index (κ1) is 14.5. The Hall–Kier alpha value is -1.59. The second kappa shape index (κ2) is 6.37. The smallest absolute Gasteiger partial charge is 0.416 e. The molecule has 6 nitrogen and oxygen atoms in total. The molecule has 102 valence electrons. The maximum absolute atomic E-state index is 11.9. The summed E-state index contributed by atoms with van der Waals surface area (Å²) in [5.41, 5.74) is 0. The van der Waals surface area contributed by atoms with Gasteiger partial charge in [0.05, 0.1) is 13.2 Å². The van der Waals surface area contributed by atoms with Gasteiger partial charge in [-0.15, -0.1) is 0 Å². The molecular weight excluding hydrogens is 238 g/mol. The zero-order valence-electron chi connectivity index (χ0n) is 11.0. The van der Waals surface area contributed by atoms with E-state index in [1.165, 1.54) is 12.0 Å². The zero-order valence-corrected chi connectivity index (χ0v) is 11.0. The van der Waals surface area contributed by atoms with Crippen LogP contribution >= 0.6 is 0 Å². The first-order valence-electron chi connectivity index (χ1n) is 6.03. The molecule has 6 heteroatoms. The van der Waals surface area contributed by atoms with E-state index in [9.17, 15) is 14.4 Å². The Kier molecular flexibility index (Phi) is 5.12. The number of cyclic esters (lactones) is 1. The quantitative estimate of drug-likeness (QED) is 0.695. The lowest BCUT2D eigenvalue weighted by molar-refractivity contribution is -0.140. The van der Waals surface area contributed by atoms with Crippen molar-refractivity contribution in [2.45, 2.75) is 39.2 Å². The maximum atomic E-state index is 11.9. The van der Waals surface area contributed by atoms with Crippen molar-refractivity contribution in [2.75, 3.05) is 13.7 Å². The van der Waals surface area contributed by atoms with E-state index in [0.717, 1.165) is 0 Å². The van der Waals surface area contributed by atoms with Crippen molar-refractivity contribution in [1.29, 1.82) is 0 Å². The number of imide groups is 1. The molecule has 0 bridgehead atoms. The molecule has 0 saturated carbocycles. The molecule has 1 saturated heterocycles. The number of carbonyl (C=O) groups excluding carboxylic acids is 3. The molecule has 0 aliphatic carbocycles. The van der Waals surface area contributed by atoms with Gasteiger partial charge < -0.3 is 9.47 Å². The van der Waals surface area contributed by atoms with Crippen LogP contribution in [0.4, 0.5) is 4.79 Å². The monoisotopic (exact) mass is 257 g/mol. The number of hydrogen-bond acceptors (Lipinski definition) is 5. The summed E-state index contributed by atoms with van der Waals surface area (Å²) in [4.78, 5) is 35.5. The summed E-state index contributed by atoms with van der Waals surface area (Å²) in [6, 6.07) is -0.205. The third kappa shape index (κ3) is 3.45. The van der Waals surface area contributed by atoms with Crippen LogP contribution in [0.25, 0.3) is 0 Å². The topological polar surface area (TPSA) is 72.9 Å². The Morgan fingerprint density at radius 2 is 2.11 bits per heavy atom. The highest BCUT2D eigenvalue weighted by atomic mass is 16.6. The molecule has 1 atom stereocenters. The molecule has 1 heterocycles. The Bertz CT molecular complexity index is 339. The van der Waals surface area contributed by atoms with E-state index in [2.05, 4.69) is 4.74 Å². The molecule has 0 N–H and O–H groups in total. The van der Waals surface area contributed by atoms with Crippen LogP contribution in [0.2, 0.25) is 0 Å². The van der Waals surface area contributed by atoms with Crippen LogP contribution in [0.3, 0.4) is 0 Å². The fraction of sp³-hybridized carbons (Fsp3) is 0.750. The maximum Gasteiger partial charge on any atom is 0.416 e. The molecule has 1 fully saturated rings. The van der Waals surface area contributed by atoms with Crippen LogP contribution in [-0.2, 0) is 19.1 Å².